The average Bonchev–Trinajstić information content (AvgIpc) is 2.32. The van der Waals surface area contributed by atoms with Crippen LogP contribution in [0.1, 0.15) is 49.9 Å². The van der Waals surface area contributed by atoms with Gasteiger partial charge in [-0.25, -0.2) is 14.2 Å². The number of hydrogen-bond acceptors (Lipinski definition) is 3. The van der Waals surface area contributed by atoms with Crippen molar-refractivity contribution in [1.29, 1.82) is 0 Å². The monoisotopic (exact) mass is 254 g/mol. The molecule has 0 amide bonds. The Bertz CT molecular complexity index is 410. The zero-order valence-electron chi connectivity index (χ0n) is 10.7. The molecule has 18 heavy (non-hydrogen) atoms. The molecule has 0 aliphatic heterocycles. The van der Waals surface area contributed by atoms with Gasteiger partial charge in [0, 0.05) is 12.2 Å². The van der Waals surface area contributed by atoms with E-state index in [0.717, 1.165) is 31.7 Å². The molecule has 1 heterocycles. The maximum absolute atomic E-state index is 13.8. The van der Waals surface area contributed by atoms with Gasteiger partial charge in [-0.3, -0.25) is 0 Å². The first-order valence-electron chi connectivity index (χ1n) is 6.20. The third-order valence-electron chi connectivity index (χ3n) is 2.74. The number of carboxylic acid groups (broad SMARTS) is 1. The molecule has 2 N–H and O–H groups in total. The van der Waals surface area contributed by atoms with Crippen molar-refractivity contribution >= 4 is 11.8 Å². The van der Waals surface area contributed by atoms with Crippen LogP contribution in [0.4, 0.5) is 10.2 Å². The zero-order valence-corrected chi connectivity index (χ0v) is 10.7. The summed E-state index contributed by atoms with van der Waals surface area (Å²) in [6.07, 6.45) is 5.54. The summed E-state index contributed by atoms with van der Waals surface area (Å²) in [6, 6.07) is 1.23. The SMILES string of the molecule is CCCCCC(C)Nc1nccc(C(=O)O)c1F. The predicted molar refractivity (Wildman–Crippen MR) is 68.4 cm³/mol. The van der Waals surface area contributed by atoms with Gasteiger partial charge >= 0.3 is 5.97 Å². The van der Waals surface area contributed by atoms with Crippen LogP contribution in [0.2, 0.25) is 0 Å². The maximum Gasteiger partial charge on any atom is 0.338 e. The minimum atomic E-state index is -1.28. The van der Waals surface area contributed by atoms with E-state index >= 15 is 0 Å². The van der Waals surface area contributed by atoms with Crippen LogP contribution < -0.4 is 5.32 Å². The normalized spacial score (nSPS) is 12.2. The first-order chi connectivity index (χ1) is 8.56. The fourth-order valence-corrected chi connectivity index (χ4v) is 1.72. The van der Waals surface area contributed by atoms with E-state index in [9.17, 15) is 9.18 Å². The topological polar surface area (TPSA) is 62.2 Å². The quantitative estimate of drug-likeness (QED) is 0.733. The number of hydrogen-bond donors (Lipinski definition) is 2. The maximum atomic E-state index is 13.8. The van der Waals surface area contributed by atoms with Gasteiger partial charge in [0.05, 0.1) is 0 Å². The molecule has 100 valence electrons. The summed E-state index contributed by atoms with van der Waals surface area (Å²) in [6.45, 7) is 4.06. The largest absolute Gasteiger partial charge is 0.478 e. The van der Waals surface area contributed by atoms with E-state index in [1.165, 1.54) is 6.20 Å². The first kappa shape index (κ1) is 14.4. The van der Waals surface area contributed by atoms with Crippen molar-refractivity contribution in [3.8, 4) is 0 Å². The van der Waals surface area contributed by atoms with Crippen molar-refractivity contribution in [3.63, 3.8) is 0 Å². The summed E-state index contributed by atoms with van der Waals surface area (Å²) in [4.78, 5) is 14.6. The van der Waals surface area contributed by atoms with Crippen molar-refractivity contribution in [2.75, 3.05) is 5.32 Å². The van der Waals surface area contributed by atoms with Crippen molar-refractivity contribution < 1.29 is 14.3 Å². The molecule has 0 aliphatic rings. The summed E-state index contributed by atoms with van der Waals surface area (Å²) in [5.41, 5.74) is -0.353. The van der Waals surface area contributed by atoms with Crippen LogP contribution in [-0.2, 0) is 0 Å². The second-order valence-electron chi connectivity index (χ2n) is 4.37. The molecule has 0 aliphatic carbocycles. The van der Waals surface area contributed by atoms with Crippen LogP contribution in [0.5, 0.6) is 0 Å². The van der Waals surface area contributed by atoms with Gasteiger partial charge in [0.25, 0.3) is 0 Å². The lowest BCUT2D eigenvalue weighted by Gasteiger charge is -2.15. The summed E-state index contributed by atoms with van der Waals surface area (Å²) >= 11 is 0. The highest BCUT2D eigenvalue weighted by atomic mass is 19.1. The highest BCUT2D eigenvalue weighted by Gasteiger charge is 2.16. The highest BCUT2D eigenvalue weighted by molar-refractivity contribution is 5.88. The molecule has 0 spiro atoms. The predicted octanol–water partition coefficient (Wildman–Crippen LogP) is 3.30. The number of aromatic carboxylic acids is 1. The third kappa shape index (κ3) is 3.98. The number of nitrogens with one attached hydrogen (secondary N) is 1. The number of carboxylic acids is 1. The van der Waals surface area contributed by atoms with Crippen LogP contribution in [0.3, 0.4) is 0 Å². The number of pyridine rings is 1. The molecule has 0 fully saturated rings. The molecule has 4 nitrogen and oxygen atoms in total. The molecule has 1 rings (SSSR count). The van der Waals surface area contributed by atoms with Crippen molar-refractivity contribution in [3.05, 3.63) is 23.6 Å². The summed E-state index contributed by atoms with van der Waals surface area (Å²) < 4.78 is 13.8. The summed E-state index contributed by atoms with van der Waals surface area (Å²) in [7, 11) is 0. The van der Waals surface area contributed by atoms with E-state index in [1.54, 1.807) is 0 Å². The Hall–Kier alpha value is -1.65. The lowest BCUT2D eigenvalue weighted by Crippen LogP contribution is -2.18. The molecular weight excluding hydrogens is 235 g/mol. The Balaban J connectivity index is 2.67. The van der Waals surface area contributed by atoms with Crippen LogP contribution >= 0.6 is 0 Å². The van der Waals surface area contributed by atoms with Crippen molar-refractivity contribution in [1.82, 2.24) is 4.98 Å². The Morgan fingerprint density at radius 1 is 1.56 bits per heavy atom. The number of nitrogens with zero attached hydrogens (tertiary/aromatic N) is 1. The van der Waals surface area contributed by atoms with Gasteiger partial charge in [-0.2, -0.15) is 0 Å². The molecule has 1 aromatic rings. The Morgan fingerprint density at radius 2 is 2.28 bits per heavy atom. The highest BCUT2D eigenvalue weighted by Crippen LogP contribution is 2.17. The minimum absolute atomic E-state index is 0.0129. The van der Waals surface area contributed by atoms with Crippen LogP contribution in [-0.4, -0.2) is 22.1 Å². The number of carbonyl (C=O) groups is 1. The van der Waals surface area contributed by atoms with E-state index in [4.69, 9.17) is 5.11 Å². The first-order valence-corrected chi connectivity index (χ1v) is 6.20. The summed E-state index contributed by atoms with van der Waals surface area (Å²) in [5.74, 6) is -2.07. The van der Waals surface area contributed by atoms with Gasteiger partial charge < -0.3 is 10.4 Å². The number of aromatic nitrogens is 1. The zero-order chi connectivity index (χ0) is 13.5. The van der Waals surface area contributed by atoms with Gasteiger partial charge in [-0.15, -0.1) is 0 Å². The molecule has 5 heteroatoms. The Labute approximate surface area is 106 Å². The van der Waals surface area contributed by atoms with Gasteiger partial charge in [0.1, 0.15) is 5.56 Å². The number of rotatable bonds is 7. The summed E-state index contributed by atoms with van der Waals surface area (Å²) in [5, 5.41) is 11.7. The van der Waals surface area contributed by atoms with E-state index in [-0.39, 0.29) is 17.4 Å². The van der Waals surface area contributed by atoms with Gasteiger partial charge in [0.2, 0.25) is 0 Å². The second kappa shape index (κ2) is 6.93. The van der Waals surface area contributed by atoms with Gasteiger partial charge in [-0.05, 0) is 19.4 Å². The van der Waals surface area contributed by atoms with E-state index in [1.807, 2.05) is 6.92 Å². The Kier molecular flexibility index (Phi) is 5.55. The molecule has 0 saturated carbocycles. The number of anilines is 1. The van der Waals surface area contributed by atoms with Crippen LogP contribution in [0.15, 0.2) is 12.3 Å². The van der Waals surface area contributed by atoms with E-state index in [0.29, 0.717) is 0 Å². The molecule has 0 aromatic carbocycles. The van der Waals surface area contributed by atoms with Crippen LogP contribution in [0, 0.1) is 5.82 Å². The lowest BCUT2D eigenvalue weighted by molar-refractivity contribution is 0.0692. The smallest absolute Gasteiger partial charge is 0.338 e. The third-order valence-corrected chi connectivity index (χ3v) is 2.74. The number of halogens is 1. The van der Waals surface area contributed by atoms with Crippen molar-refractivity contribution in [2.45, 2.75) is 45.6 Å². The standard InChI is InChI=1S/C13H19FN2O2/c1-3-4-5-6-9(2)16-12-11(14)10(13(17)18)7-8-15-12/h7-9H,3-6H2,1-2H3,(H,15,16)(H,17,18). The lowest BCUT2D eigenvalue weighted by atomic mass is 10.1. The van der Waals surface area contributed by atoms with Crippen LogP contribution in [0.25, 0.3) is 0 Å². The molecule has 0 radical (unpaired) electrons. The number of unbranched alkanes of at least 4 members (excludes halogenated alkanes) is 2. The van der Waals surface area contributed by atoms with Gasteiger partial charge in [0.15, 0.2) is 11.6 Å². The molecular formula is C13H19FN2O2. The van der Waals surface area contributed by atoms with E-state index < -0.39 is 11.8 Å². The second-order valence-corrected chi connectivity index (χ2v) is 4.37. The Morgan fingerprint density at radius 3 is 2.89 bits per heavy atom. The molecule has 0 saturated heterocycles. The molecule has 1 aromatic heterocycles. The fourth-order valence-electron chi connectivity index (χ4n) is 1.72. The fraction of sp³-hybridized carbons (Fsp3) is 0.538. The van der Waals surface area contributed by atoms with E-state index in [2.05, 4.69) is 17.2 Å². The average molecular weight is 254 g/mol. The van der Waals surface area contributed by atoms with Crippen molar-refractivity contribution in [2.24, 2.45) is 0 Å². The van der Waals surface area contributed by atoms with Gasteiger partial charge in [-0.1, -0.05) is 26.2 Å². The minimum Gasteiger partial charge on any atom is -0.478 e. The molecule has 1 atom stereocenters. The molecule has 0 bridgehead atoms. The molecule has 1 unspecified atom stereocenters.